The van der Waals surface area contributed by atoms with E-state index in [2.05, 4.69) is 33.6 Å². The van der Waals surface area contributed by atoms with Gasteiger partial charge in [-0.15, -0.1) is 11.8 Å². The zero-order chi connectivity index (χ0) is 10.9. The number of hydrogen-bond donors (Lipinski definition) is 1. The summed E-state index contributed by atoms with van der Waals surface area (Å²) in [4.78, 5) is 4.32. The van der Waals surface area contributed by atoms with Gasteiger partial charge in [-0.2, -0.15) is 0 Å². The molecule has 1 aromatic rings. The van der Waals surface area contributed by atoms with E-state index in [0.29, 0.717) is 0 Å². The van der Waals surface area contributed by atoms with Crippen molar-refractivity contribution in [3.63, 3.8) is 0 Å². The smallest absolute Gasteiger partial charge is 0.122 e. The van der Waals surface area contributed by atoms with Gasteiger partial charge in [0.05, 0.1) is 6.54 Å². The number of imidazole rings is 1. The van der Waals surface area contributed by atoms with Crippen molar-refractivity contribution in [2.75, 3.05) is 6.54 Å². The van der Waals surface area contributed by atoms with Crippen molar-refractivity contribution in [3.8, 4) is 11.8 Å². The van der Waals surface area contributed by atoms with Crippen molar-refractivity contribution in [2.24, 2.45) is 0 Å². The second-order valence-electron chi connectivity index (χ2n) is 3.39. The van der Waals surface area contributed by atoms with Crippen LogP contribution in [-0.2, 0) is 13.1 Å². The highest BCUT2D eigenvalue weighted by molar-refractivity contribution is 4.96. The quantitative estimate of drug-likeness (QED) is 0.567. The van der Waals surface area contributed by atoms with E-state index in [9.17, 15) is 0 Å². The van der Waals surface area contributed by atoms with Gasteiger partial charge in [0.2, 0.25) is 0 Å². The Kier molecular flexibility index (Phi) is 5.57. The first-order valence-corrected chi connectivity index (χ1v) is 5.48. The van der Waals surface area contributed by atoms with Crippen LogP contribution in [0.25, 0.3) is 0 Å². The molecule has 1 rings (SSSR count). The highest BCUT2D eigenvalue weighted by atomic mass is 15.1. The van der Waals surface area contributed by atoms with Crippen LogP contribution in [0.2, 0.25) is 0 Å². The lowest BCUT2D eigenvalue weighted by Crippen LogP contribution is -2.17. The highest BCUT2D eigenvalue weighted by Gasteiger charge is 1.99. The number of rotatable bonds is 6. The Balaban J connectivity index is 2.29. The van der Waals surface area contributed by atoms with Gasteiger partial charge in [0.15, 0.2) is 0 Å². The fourth-order valence-corrected chi connectivity index (χ4v) is 1.43. The van der Waals surface area contributed by atoms with Gasteiger partial charge in [-0.25, -0.2) is 4.98 Å². The molecule has 0 aliphatic carbocycles. The molecule has 1 heterocycles. The minimum atomic E-state index is 0.832. The van der Waals surface area contributed by atoms with E-state index in [1.54, 1.807) is 0 Å². The fourth-order valence-electron chi connectivity index (χ4n) is 1.43. The second kappa shape index (κ2) is 7.08. The van der Waals surface area contributed by atoms with E-state index in [-0.39, 0.29) is 0 Å². The summed E-state index contributed by atoms with van der Waals surface area (Å²) in [6.45, 7) is 6.85. The maximum atomic E-state index is 4.32. The topological polar surface area (TPSA) is 29.9 Å². The molecule has 0 radical (unpaired) electrons. The molecule has 0 atom stereocenters. The molecule has 82 valence electrons. The molecule has 0 aliphatic rings. The van der Waals surface area contributed by atoms with E-state index in [1.165, 1.54) is 0 Å². The Morgan fingerprint density at radius 1 is 1.53 bits per heavy atom. The van der Waals surface area contributed by atoms with Gasteiger partial charge in [0.25, 0.3) is 0 Å². The van der Waals surface area contributed by atoms with Crippen LogP contribution in [0.4, 0.5) is 0 Å². The van der Waals surface area contributed by atoms with Gasteiger partial charge < -0.3 is 9.88 Å². The minimum absolute atomic E-state index is 0.832. The fraction of sp³-hybridized carbons (Fsp3) is 0.583. The molecule has 15 heavy (non-hydrogen) atoms. The van der Waals surface area contributed by atoms with Gasteiger partial charge >= 0.3 is 0 Å². The number of aromatic nitrogens is 2. The van der Waals surface area contributed by atoms with Gasteiger partial charge in [-0.05, 0) is 13.3 Å². The number of hydrogen-bond acceptors (Lipinski definition) is 2. The third kappa shape index (κ3) is 4.18. The molecule has 0 saturated carbocycles. The molecule has 0 saturated heterocycles. The summed E-state index contributed by atoms with van der Waals surface area (Å²) in [7, 11) is 0. The zero-order valence-corrected chi connectivity index (χ0v) is 9.58. The molecule has 0 spiro atoms. The van der Waals surface area contributed by atoms with Crippen LogP contribution in [-0.4, -0.2) is 16.1 Å². The normalized spacial score (nSPS) is 9.73. The summed E-state index contributed by atoms with van der Waals surface area (Å²) < 4.78 is 2.19. The second-order valence-corrected chi connectivity index (χ2v) is 3.39. The zero-order valence-electron chi connectivity index (χ0n) is 9.58. The predicted octanol–water partition coefficient (Wildman–Crippen LogP) is 1.80. The number of aryl methyl sites for hydroxylation is 1. The largest absolute Gasteiger partial charge is 0.334 e. The SMILES string of the molecule is CC#CCCNCc1nccn1CCC. The first-order chi connectivity index (χ1) is 7.38. The number of nitrogens with zero attached hydrogens (tertiary/aromatic N) is 2. The van der Waals surface area contributed by atoms with Crippen LogP contribution in [0.1, 0.15) is 32.5 Å². The summed E-state index contributed by atoms with van der Waals surface area (Å²) in [5.74, 6) is 7.02. The van der Waals surface area contributed by atoms with Gasteiger partial charge in [-0.3, -0.25) is 0 Å². The van der Waals surface area contributed by atoms with Crippen molar-refractivity contribution >= 4 is 0 Å². The van der Waals surface area contributed by atoms with Crippen molar-refractivity contribution < 1.29 is 0 Å². The summed E-state index contributed by atoms with van der Waals surface area (Å²) in [5.41, 5.74) is 0. The van der Waals surface area contributed by atoms with Crippen LogP contribution in [0.3, 0.4) is 0 Å². The maximum Gasteiger partial charge on any atom is 0.122 e. The molecule has 0 unspecified atom stereocenters. The van der Waals surface area contributed by atoms with Gasteiger partial charge in [0, 0.05) is 31.9 Å². The third-order valence-corrected chi connectivity index (χ3v) is 2.15. The summed E-state index contributed by atoms with van der Waals surface area (Å²) in [5, 5.41) is 3.34. The summed E-state index contributed by atoms with van der Waals surface area (Å²) in [6, 6.07) is 0. The van der Waals surface area contributed by atoms with Crippen LogP contribution in [0.5, 0.6) is 0 Å². The first-order valence-electron chi connectivity index (χ1n) is 5.48. The Morgan fingerprint density at radius 3 is 3.13 bits per heavy atom. The van der Waals surface area contributed by atoms with E-state index >= 15 is 0 Å². The molecule has 0 aliphatic heterocycles. The first kappa shape index (κ1) is 11.8. The molecule has 3 nitrogen and oxygen atoms in total. The van der Waals surface area contributed by atoms with E-state index < -0.39 is 0 Å². The molecule has 0 fully saturated rings. The van der Waals surface area contributed by atoms with Crippen molar-refractivity contribution in [2.45, 2.75) is 39.8 Å². The van der Waals surface area contributed by atoms with Crippen LogP contribution < -0.4 is 5.32 Å². The van der Waals surface area contributed by atoms with Crippen LogP contribution in [0, 0.1) is 11.8 Å². The molecular formula is C12H19N3. The van der Waals surface area contributed by atoms with E-state index in [1.807, 2.05) is 19.3 Å². The Morgan fingerprint density at radius 2 is 2.40 bits per heavy atom. The minimum Gasteiger partial charge on any atom is -0.334 e. The molecule has 0 bridgehead atoms. The predicted molar refractivity (Wildman–Crippen MR) is 62.3 cm³/mol. The standard InChI is InChI=1S/C12H19N3/c1-3-5-6-7-13-11-12-14-8-10-15(12)9-4-2/h8,10,13H,4,6-7,9,11H2,1-2H3. The highest BCUT2D eigenvalue weighted by Crippen LogP contribution is 1.98. The average Bonchev–Trinajstić information content (AvgIpc) is 2.66. The summed E-state index contributed by atoms with van der Waals surface area (Å²) >= 11 is 0. The van der Waals surface area contributed by atoms with Crippen LogP contribution >= 0.6 is 0 Å². The molecule has 3 heteroatoms. The third-order valence-electron chi connectivity index (χ3n) is 2.15. The Hall–Kier alpha value is -1.27. The van der Waals surface area contributed by atoms with Crippen molar-refractivity contribution in [1.29, 1.82) is 0 Å². The maximum absolute atomic E-state index is 4.32. The van der Waals surface area contributed by atoms with Crippen molar-refractivity contribution in [1.82, 2.24) is 14.9 Å². The lowest BCUT2D eigenvalue weighted by atomic mass is 10.4. The van der Waals surface area contributed by atoms with E-state index in [0.717, 1.165) is 38.3 Å². The lowest BCUT2D eigenvalue weighted by Gasteiger charge is -2.06. The molecule has 0 amide bonds. The molecule has 1 N–H and O–H groups in total. The molecule has 1 aromatic heterocycles. The lowest BCUT2D eigenvalue weighted by molar-refractivity contribution is 0.593. The monoisotopic (exact) mass is 205 g/mol. The molecule has 0 aromatic carbocycles. The average molecular weight is 205 g/mol. The Bertz CT molecular complexity index is 330. The Labute approximate surface area is 91.9 Å². The van der Waals surface area contributed by atoms with Gasteiger partial charge in [0.1, 0.15) is 5.82 Å². The molecular weight excluding hydrogens is 186 g/mol. The summed E-state index contributed by atoms with van der Waals surface area (Å²) in [6.07, 6.45) is 5.94. The number of nitrogens with one attached hydrogen (secondary N) is 1. The van der Waals surface area contributed by atoms with Crippen LogP contribution in [0.15, 0.2) is 12.4 Å². The van der Waals surface area contributed by atoms with Crippen molar-refractivity contribution in [3.05, 3.63) is 18.2 Å². The van der Waals surface area contributed by atoms with E-state index in [4.69, 9.17) is 0 Å². The van der Waals surface area contributed by atoms with Gasteiger partial charge in [-0.1, -0.05) is 6.92 Å².